The second-order valence-corrected chi connectivity index (χ2v) is 21.7. The molecule has 16 heteroatoms. The van der Waals surface area contributed by atoms with Gasteiger partial charge in [0.15, 0.2) is 5.78 Å². The molecule has 2 bridgehead atoms. The lowest BCUT2D eigenvalue weighted by Crippen LogP contribution is -2.58. The first-order chi connectivity index (χ1) is 30.9. The van der Waals surface area contributed by atoms with Crippen LogP contribution in [0.25, 0.3) is 0 Å². The summed E-state index contributed by atoms with van der Waals surface area (Å²) in [4.78, 5) is 35.9. The number of hydrogen-bond donors (Lipinski definition) is 0. The van der Waals surface area contributed by atoms with E-state index < -0.39 is 39.2 Å². The molecule has 9 rings (SSSR count). The van der Waals surface area contributed by atoms with Crippen molar-refractivity contribution in [1.29, 1.82) is 0 Å². The SMILES string of the molecule is COc1nn(C)cc1C(=O)C[S@@]1(=O)=NC(=O)c2ccc3c(c2)N(C[C@@H]2CC[C@H]2[C@@H](OC)/C=C/[C@H](OCCN2CCN4CCOC[C@@H]4C2)[C@H](C)C1)C[C@@]1(CCCc2cc(Cl)ccc21)CO3. The number of rotatable bonds is 9. The average molecular weight is 920 g/mol. The van der Waals surface area contributed by atoms with E-state index in [1.165, 1.54) is 22.9 Å². The van der Waals surface area contributed by atoms with Gasteiger partial charge < -0.3 is 28.6 Å². The third-order valence-electron chi connectivity index (χ3n) is 14.6. The fourth-order valence-electron chi connectivity index (χ4n) is 11.1. The van der Waals surface area contributed by atoms with Crippen LogP contribution < -0.4 is 14.4 Å². The standard InChI is InChI=1S/C48H63ClN6O8S/c1-32-28-64(58,29-42(56)39-26-52(2)50-47(39)60-4)51-46(57)34-8-12-45-41(23-34)55(30-48(31-63-45)15-5-6-33-22-36(49)9-11-40(33)48)24-35-7-10-38(35)44(59-3)14-13-43(32)62-21-18-53-16-17-54-19-20-61-27-37(54)25-53/h8-9,11-14,22-23,26,32,35,37-38,43-44H,5-7,10,15-21,24-25,27-31H2,1-4H3/b14-13+/t32-,35+,37+,38-,43+,44+,48+,64-/m1/s1. The summed E-state index contributed by atoms with van der Waals surface area (Å²) in [5.41, 5.74) is 3.49. The van der Waals surface area contributed by atoms with E-state index in [0.717, 1.165) is 95.3 Å². The Morgan fingerprint density at radius 2 is 1.92 bits per heavy atom. The lowest BCUT2D eigenvalue weighted by atomic mass is 9.68. The number of carbonyl (C=O) groups is 2. The van der Waals surface area contributed by atoms with E-state index in [0.29, 0.717) is 37.5 Å². The molecular formula is C48H63ClN6O8S. The number of methoxy groups -OCH3 is 2. The predicted octanol–water partition coefficient (Wildman–Crippen LogP) is 5.70. The van der Waals surface area contributed by atoms with Gasteiger partial charge in [-0.25, -0.2) is 4.21 Å². The Morgan fingerprint density at radius 3 is 2.73 bits per heavy atom. The van der Waals surface area contributed by atoms with E-state index in [1.807, 2.05) is 25.1 Å². The maximum Gasteiger partial charge on any atom is 0.285 e. The van der Waals surface area contributed by atoms with Crippen molar-refractivity contribution in [3.05, 3.63) is 82.0 Å². The molecule has 346 valence electrons. The first-order valence-electron chi connectivity index (χ1n) is 23.0. The quantitative estimate of drug-likeness (QED) is 0.193. The van der Waals surface area contributed by atoms with Crippen molar-refractivity contribution in [2.75, 3.05) is 103 Å². The van der Waals surface area contributed by atoms with Gasteiger partial charge in [-0.15, -0.1) is 5.10 Å². The van der Waals surface area contributed by atoms with Gasteiger partial charge in [0.2, 0.25) is 5.88 Å². The largest absolute Gasteiger partial charge is 0.490 e. The first-order valence-corrected chi connectivity index (χ1v) is 25.2. The van der Waals surface area contributed by atoms with E-state index in [2.05, 4.69) is 48.4 Å². The number of anilines is 1. The number of aryl methyl sites for hydroxylation is 2. The molecule has 2 saturated heterocycles. The number of hydrogen-bond acceptors (Lipinski definition) is 12. The van der Waals surface area contributed by atoms with Gasteiger partial charge in [0, 0.05) is 94.0 Å². The number of carbonyl (C=O) groups excluding carboxylic acids is 2. The van der Waals surface area contributed by atoms with Gasteiger partial charge in [-0.3, -0.25) is 24.1 Å². The molecule has 8 atom stereocenters. The molecule has 0 N–H and O–H groups in total. The number of fused-ring (bicyclic) bond motifs is 5. The summed E-state index contributed by atoms with van der Waals surface area (Å²) in [5.74, 6) is -0.681. The monoisotopic (exact) mass is 918 g/mol. The van der Waals surface area contributed by atoms with Crippen molar-refractivity contribution in [2.24, 2.45) is 29.2 Å². The van der Waals surface area contributed by atoms with E-state index >= 15 is 4.21 Å². The number of benzene rings is 2. The summed E-state index contributed by atoms with van der Waals surface area (Å²) >= 11 is 6.53. The molecule has 2 aliphatic carbocycles. The minimum absolute atomic E-state index is 0.0595. The number of piperazine rings is 1. The number of amides is 1. The highest BCUT2D eigenvalue weighted by Gasteiger charge is 2.45. The lowest BCUT2D eigenvalue weighted by Gasteiger charge is -2.46. The van der Waals surface area contributed by atoms with Crippen LogP contribution in [0.5, 0.6) is 11.6 Å². The third-order valence-corrected chi connectivity index (χ3v) is 17.1. The van der Waals surface area contributed by atoms with Crippen LogP contribution in [0.1, 0.15) is 64.4 Å². The molecule has 6 aliphatic rings. The normalized spacial score (nSPS) is 31.6. The second-order valence-electron chi connectivity index (χ2n) is 18.9. The van der Waals surface area contributed by atoms with Crippen LogP contribution in [0.3, 0.4) is 0 Å². The first kappa shape index (κ1) is 45.3. The molecule has 1 aromatic heterocycles. The maximum absolute atomic E-state index is 15.4. The van der Waals surface area contributed by atoms with Crippen LogP contribution in [0.15, 0.2) is 59.1 Å². The van der Waals surface area contributed by atoms with Gasteiger partial charge >= 0.3 is 0 Å². The third kappa shape index (κ3) is 9.54. The average Bonchev–Trinajstić information content (AvgIpc) is 3.60. The molecule has 0 unspecified atom stereocenters. The highest BCUT2D eigenvalue weighted by atomic mass is 35.5. The number of aromatic nitrogens is 2. The summed E-state index contributed by atoms with van der Waals surface area (Å²) in [6.07, 6.45) is 10.0. The zero-order valence-electron chi connectivity index (χ0n) is 37.6. The highest BCUT2D eigenvalue weighted by molar-refractivity contribution is 7.94. The van der Waals surface area contributed by atoms with Crippen molar-refractivity contribution in [3.63, 3.8) is 0 Å². The summed E-state index contributed by atoms with van der Waals surface area (Å²) in [7, 11) is 1.35. The molecule has 1 amide bonds. The van der Waals surface area contributed by atoms with Crippen molar-refractivity contribution in [3.8, 4) is 11.6 Å². The van der Waals surface area contributed by atoms with Gasteiger partial charge in [0.25, 0.3) is 5.91 Å². The van der Waals surface area contributed by atoms with E-state index in [-0.39, 0.29) is 40.2 Å². The second kappa shape index (κ2) is 19.2. The van der Waals surface area contributed by atoms with Crippen LogP contribution in [0, 0.1) is 17.8 Å². The number of ether oxygens (including phenoxy) is 5. The van der Waals surface area contributed by atoms with Gasteiger partial charge in [-0.05, 0) is 91.3 Å². The molecule has 1 saturated carbocycles. The fraction of sp³-hybridized carbons (Fsp3) is 0.604. The maximum atomic E-state index is 15.4. The van der Waals surface area contributed by atoms with Crippen LogP contribution in [0.2, 0.25) is 5.02 Å². The molecule has 5 heterocycles. The van der Waals surface area contributed by atoms with Crippen LogP contribution in [-0.2, 0) is 42.8 Å². The van der Waals surface area contributed by atoms with Crippen LogP contribution in [-0.4, -0.2) is 152 Å². The Hall–Kier alpha value is -3.83. The van der Waals surface area contributed by atoms with Crippen molar-refractivity contribution in [2.45, 2.75) is 62.7 Å². The zero-order chi connectivity index (χ0) is 44.6. The number of ketones is 1. The molecule has 3 aromatic rings. The molecule has 1 spiro atoms. The van der Waals surface area contributed by atoms with Gasteiger partial charge in [-0.2, -0.15) is 4.36 Å². The van der Waals surface area contributed by atoms with Gasteiger partial charge in [0.05, 0.1) is 66.9 Å². The molecule has 2 aromatic carbocycles. The fourth-order valence-corrected chi connectivity index (χ4v) is 13.5. The van der Waals surface area contributed by atoms with Crippen LogP contribution >= 0.6 is 11.6 Å². The summed E-state index contributed by atoms with van der Waals surface area (Å²) in [6, 6.07) is 12.0. The van der Waals surface area contributed by atoms with Gasteiger partial charge in [-0.1, -0.05) is 36.7 Å². The Kier molecular flexibility index (Phi) is 13.6. The van der Waals surface area contributed by atoms with E-state index in [9.17, 15) is 9.59 Å². The number of Topliss-reactive ketones (excluding diaryl/α,β-unsaturated/α-hetero) is 1. The minimum Gasteiger partial charge on any atom is -0.490 e. The summed E-state index contributed by atoms with van der Waals surface area (Å²) in [6.45, 7) is 10.4. The Bertz CT molecular complexity index is 2370. The zero-order valence-corrected chi connectivity index (χ0v) is 39.2. The van der Waals surface area contributed by atoms with E-state index in [1.54, 1.807) is 26.4 Å². The van der Waals surface area contributed by atoms with Crippen molar-refractivity contribution < 1.29 is 37.5 Å². The Labute approximate surface area is 382 Å². The molecule has 14 nitrogen and oxygen atoms in total. The van der Waals surface area contributed by atoms with Crippen molar-refractivity contribution >= 4 is 38.7 Å². The van der Waals surface area contributed by atoms with E-state index in [4.69, 9.17) is 35.3 Å². The van der Waals surface area contributed by atoms with Crippen LogP contribution in [0.4, 0.5) is 5.69 Å². The predicted molar refractivity (Wildman–Crippen MR) is 247 cm³/mol. The number of morpholine rings is 1. The molecule has 64 heavy (non-hydrogen) atoms. The Morgan fingerprint density at radius 1 is 1.06 bits per heavy atom. The minimum atomic E-state index is -3.55. The summed E-state index contributed by atoms with van der Waals surface area (Å²) in [5, 5.41) is 4.99. The van der Waals surface area contributed by atoms with Crippen molar-refractivity contribution in [1.82, 2.24) is 19.6 Å². The topological polar surface area (TPSA) is 137 Å². The highest BCUT2D eigenvalue weighted by Crippen LogP contribution is 2.47. The lowest BCUT2D eigenvalue weighted by molar-refractivity contribution is -0.0513. The molecule has 0 radical (unpaired) electrons. The Balaban J connectivity index is 1.07. The summed E-state index contributed by atoms with van der Waals surface area (Å²) < 4.78 is 52.4. The number of halogens is 1. The molecule has 4 aliphatic heterocycles. The number of nitrogens with zero attached hydrogens (tertiary/aromatic N) is 6. The molecule has 3 fully saturated rings. The smallest absolute Gasteiger partial charge is 0.285 e. The molecular weight excluding hydrogens is 856 g/mol. The van der Waals surface area contributed by atoms with Gasteiger partial charge in [0.1, 0.15) is 11.3 Å².